The third kappa shape index (κ3) is 2.03. The van der Waals surface area contributed by atoms with E-state index in [0.717, 1.165) is 6.54 Å². The first-order valence-corrected chi connectivity index (χ1v) is 9.96. The Morgan fingerprint density at radius 1 is 0.821 bits per heavy atom. The van der Waals surface area contributed by atoms with Gasteiger partial charge in [-0.15, -0.1) is 0 Å². The van der Waals surface area contributed by atoms with Gasteiger partial charge in [0.25, 0.3) is 0 Å². The van der Waals surface area contributed by atoms with Crippen molar-refractivity contribution in [2.45, 2.75) is 25.0 Å². The number of rotatable bonds is 1. The molecule has 4 aromatic rings. The predicted molar refractivity (Wildman–Crippen MR) is 117 cm³/mol. The van der Waals surface area contributed by atoms with Crippen LogP contribution in [0, 0.1) is 0 Å². The van der Waals surface area contributed by atoms with Crippen molar-refractivity contribution in [3.05, 3.63) is 108 Å². The summed E-state index contributed by atoms with van der Waals surface area (Å²) in [5.41, 5.74) is 6.50. The molecule has 2 heterocycles. The Balaban J connectivity index is 1.66. The molecule has 4 aromatic carbocycles. The lowest BCUT2D eigenvalue weighted by molar-refractivity contribution is 0.395. The molecule has 1 unspecified atom stereocenters. The molecule has 1 N–H and O–H groups in total. The number of nitrogens with zero attached hydrogens (tertiary/aromatic N) is 1. The van der Waals surface area contributed by atoms with E-state index in [4.69, 9.17) is 0 Å². The summed E-state index contributed by atoms with van der Waals surface area (Å²) in [6, 6.07) is 33.1. The van der Waals surface area contributed by atoms with Crippen LogP contribution < -0.4 is 10.2 Å². The highest BCUT2D eigenvalue weighted by Crippen LogP contribution is 2.52. The van der Waals surface area contributed by atoms with Crippen LogP contribution in [0.3, 0.4) is 0 Å². The highest BCUT2D eigenvalue weighted by atomic mass is 15.4. The van der Waals surface area contributed by atoms with Crippen LogP contribution in [0.15, 0.2) is 91.0 Å². The summed E-state index contributed by atoms with van der Waals surface area (Å²) < 4.78 is 0. The van der Waals surface area contributed by atoms with E-state index >= 15 is 0 Å². The van der Waals surface area contributed by atoms with Crippen LogP contribution in [0.4, 0.5) is 11.4 Å². The summed E-state index contributed by atoms with van der Waals surface area (Å²) in [4.78, 5) is 2.57. The highest BCUT2D eigenvalue weighted by molar-refractivity contribution is 6.06. The summed E-state index contributed by atoms with van der Waals surface area (Å²) in [6.45, 7) is 3.27. The van der Waals surface area contributed by atoms with Crippen molar-refractivity contribution >= 4 is 22.1 Å². The molecule has 6 rings (SSSR count). The lowest BCUT2D eigenvalue weighted by Gasteiger charge is -2.55. The summed E-state index contributed by atoms with van der Waals surface area (Å²) >= 11 is 0. The van der Waals surface area contributed by atoms with E-state index in [1.54, 1.807) is 0 Å². The molecule has 0 aliphatic carbocycles. The van der Waals surface area contributed by atoms with Crippen LogP contribution in [0.25, 0.3) is 10.8 Å². The van der Waals surface area contributed by atoms with Gasteiger partial charge in [0.2, 0.25) is 0 Å². The lowest BCUT2D eigenvalue weighted by atomic mass is 9.74. The molecule has 2 heteroatoms. The van der Waals surface area contributed by atoms with Gasteiger partial charge in [-0.3, -0.25) is 0 Å². The Morgan fingerprint density at radius 3 is 2.43 bits per heavy atom. The van der Waals surface area contributed by atoms with E-state index in [9.17, 15) is 0 Å². The van der Waals surface area contributed by atoms with Crippen molar-refractivity contribution < 1.29 is 0 Å². The zero-order chi connectivity index (χ0) is 18.7. The topological polar surface area (TPSA) is 15.3 Å². The standard InChI is InChI=1S/C26H22N2/c1-26-25(19-9-3-2-4-10-19)21-14-6-5-11-20(21)17-28(26)23-16-8-13-18-12-7-15-22(27-26)24(18)23/h2-16,25,27H,17H2,1H3/t25?,26-/m0/s1. The highest BCUT2D eigenvalue weighted by Gasteiger charge is 2.48. The molecule has 2 atom stereocenters. The summed E-state index contributed by atoms with van der Waals surface area (Å²) in [5, 5.41) is 6.57. The van der Waals surface area contributed by atoms with Gasteiger partial charge in [-0.2, -0.15) is 0 Å². The third-order valence-corrected chi connectivity index (χ3v) is 6.51. The molecule has 2 nitrogen and oxygen atoms in total. The van der Waals surface area contributed by atoms with Gasteiger partial charge in [-0.05, 0) is 41.1 Å². The average molecular weight is 362 g/mol. The summed E-state index contributed by atoms with van der Waals surface area (Å²) in [7, 11) is 0. The molecule has 0 saturated carbocycles. The van der Waals surface area contributed by atoms with Crippen molar-refractivity contribution in [2.24, 2.45) is 0 Å². The fourth-order valence-corrected chi connectivity index (χ4v) is 5.30. The van der Waals surface area contributed by atoms with Gasteiger partial charge >= 0.3 is 0 Å². The van der Waals surface area contributed by atoms with Crippen LogP contribution in [-0.2, 0) is 6.54 Å². The number of anilines is 2. The van der Waals surface area contributed by atoms with Crippen LogP contribution in [0.1, 0.15) is 29.5 Å². The number of hydrogen-bond acceptors (Lipinski definition) is 2. The van der Waals surface area contributed by atoms with Gasteiger partial charge in [0, 0.05) is 23.3 Å². The maximum absolute atomic E-state index is 3.95. The van der Waals surface area contributed by atoms with E-state index < -0.39 is 0 Å². The molecule has 0 saturated heterocycles. The number of fused-ring (bicyclic) bond motifs is 3. The van der Waals surface area contributed by atoms with E-state index in [1.165, 1.54) is 38.8 Å². The Bertz CT molecular complexity index is 1190. The lowest BCUT2D eigenvalue weighted by Crippen LogP contribution is -2.60. The van der Waals surface area contributed by atoms with E-state index in [-0.39, 0.29) is 11.6 Å². The van der Waals surface area contributed by atoms with E-state index in [1.807, 2.05) is 0 Å². The maximum atomic E-state index is 3.95. The monoisotopic (exact) mass is 362 g/mol. The molecule has 0 bridgehead atoms. The summed E-state index contributed by atoms with van der Waals surface area (Å²) in [5.74, 6) is 0.238. The van der Waals surface area contributed by atoms with E-state index in [2.05, 4.69) is 108 Å². The molecule has 2 aliphatic rings. The molecule has 28 heavy (non-hydrogen) atoms. The second kappa shape index (κ2) is 5.62. The molecular formula is C26H22N2. The average Bonchev–Trinajstić information content (AvgIpc) is 2.73. The second-order valence-corrected chi connectivity index (χ2v) is 8.08. The first-order valence-electron chi connectivity index (χ1n) is 9.96. The molecule has 2 aliphatic heterocycles. The van der Waals surface area contributed by atoms with Crippen LogP contribution in [0.2, 0.25) is 0 Å². The van der Waals surface area contributed by atoms with Crippen molar-refractivity contribution in [1.82, 2.24) is 0 Å². The second-order valence-electron chi connectivity index (χ2n) is 8.08. The van der Waals surface area contributed by atoms with Gasteiger partial charge in [0.05, 0.1) is 5.92 Å². The SMILES string of the molecule is C[C@]12Nc3cccc4cccc(c34)N1Cc1ccccc1C2c1ccccc1. The normalized spacial score (nSPS) is 22.3. The first-order chi connectivity index (χ1) is 13.8. The Hall–Kier alpha value is -3.26. The van der Waals surface area contributed by atoms with Crippen molar-refractivity contribution in [1.29, 1.82) is 0 Å². The fraction of sp³-hybridized carbons (Fsp3) is 0.154. The third-order valence-electron chi connectivity index (χ3n) is 6.51. The number of nitrogens with one attached hydrogen (secondary N) is 1. The number of benzene rings is 4. The van der Waals surface area contributed by atoms with Crippen LogP contribution in [-0.4, -0.2) is 5.66 Å². The largest absolute Gasteiger partial charge is 0.362 e. The van der Waals surface area contributed by atoms with Crippen molar-refractivity contribution in [3.63, 3.8) is 0 Å². The Kier molecular flexibility index (Phi) is 3.16. The van der Waals surface area contributed by atoms with Gasteiger partial charge in [0.1, 0.15) is 5.66 Å². The van der Waals surface area contributed by atoms with Crippen molar-refractivity contribution in [2.75, 3.05) is 10.2 Å². The fourth-order valence-electron chi connectivity index (χ4n) is 5.30. The minimum absolute atomic E-state index is 0.238. The molecule has 0 aromatic heterocycles. The minimum atomic E-state index is -0.238. The minimum Gasteiger partial charge on any atom is -0.362 e. The smallest absolute Gasteiger partial charge is 0.119 e. The quantitative estimate of drug-likeness (QED) is 0.438. The molecular weight excluding hydrogens is 340 g/mol. The molecule has 136 valence electrons. The van der Waals surface area contributed by atoms with Gasteiger partial charge in [-0.25, -0.2) is 0 Å². The van der Waals surface area contributed by atoms with Crippen LogP contribution in [0.5, 0.6) is 0 Å². The molecule has 0 fully saturated rings. The van der Waals surface area contributed by atoms with Gasteiger partial charge < -0.3 is 10.2 Å². The van der Waals surface area contributed by atoms with Crippen molar-refractivity contribution in [3.8, 4) is 0 Å². The number of hydrogen-bond donors (Lipinski definition) is 1. The summed E-state index contributed by atoms with van der Waals surface area (Å²) in [6.07, 6.45) is 0. The maximum Gasteiger partial charge on any atom is 0.119 e. The Morgan fingerprint density at radius 2 is 1.57 bits per heavy atom. The Labute approximate surface area is 165 Å². The van der Waals surface area contributed by atoms with Crippen LogP contribution >= 0.6 is 0 Å². The zero-order valence-electron chi connectivity index (χ0n) is 15.9. The molecule has 0 radical (unpaired) electrons. The first kappa shape index (κ1) is 15.8. The molecule has 0 amide bonds. The van der Waals surface area contributed by atoms with Gasteiger partial charge in [-0.1, -0.05) is 78.9 Å². The van der Waals surface area contributed by atoms with Gasteiger partial charge in [0.15, 0.2) is 0 Å². The van der Waals surface area contributed by atoms with E-state index in [0.29, 0.717) is 0 Å². The zero-order valence-corrected chi connectivity index (χ0v) is 15.9. The predicted octanol–water partition coefficient (Wildman–Crippen LogP) is 6.13. The molecule has 0 spiro atoms.